The van der Waals surface area contributed by atoms with Crippen LogP contribution in [0.2, 0.25) is 0 Å². The van der Waals surface area contributed by atoms with Crippen molar-refractivity contribution in [2.45, 2.75) is 18.9 Å². The Morgan fingerprint density at radius 3 is 2.50 bits per heavy atom. The summed E-state index contributed by atoms with van der Waals surface area (Å²) in [5.41, 5.74) is 5.26. The molecule has 1 aliphatic heterocycles. The van der Waals surface area contributed by atoms with Gasteiger partial charge in [0.05, 0.1) is 22.8 Å². The van der Waals surface area contributed by atoms with Crippen LogP contribution in [0.25, 0.3) is 0 Å². The summed E-state index contributed by atoms with van der Waals surface area (Å²) in [7, 11) is -2.97. The van der Waals surface area contributed by atoms with E-state index in [4.69, 9.17) is 5.73 Å². The fraction of sp³-hybridized carbons (Fsp3) is 0.417. The number of carbonyl (C=O) groups is 1. The fourth-order valence-electron chi connectivity index (χ4n) is 2.19. The van der Waals surface area contributed by atoms with Gasteiger partial charge in [0.25, 0.3) is 5.91 Å². The molecule has 8 heteroatoms. The Morgan fingerprint density at radius 1 is 1.35 bits per heavy atom. The van der Waals surface area contributed by atoms with Crippen LogP contribution in [0.4, 0.5) is 10.1 Å². The fourth-order valence-corrected chi connectivity index (χ4v) is 4.11. The van der Waals surface area contributed by atoms with Crippen LogP contribution in [0.5, 0.6) is 0 Å². The second kappa shape index (κ2) is 5.69. The van der Waals surface area contributed by atoms with Crippen LogP contribution in [0.15, 0.2) is 16.6 Å². The Morgan fingerprint density at radius 2 is 1.95 bits per heavy atom. The molecule has 20 heavy (non-hydrogen) atoms. The van der Waals surface area contributed by atoms with Crippen LogP contribution in [0, 0.1) is 5.82 Å². The molecule has 1 aromatic rings. The molecule has 0 aromatic heterocycles. The molecule has 0 bridgehead atoms. The first kappa shape index (κ1) is 15.2. The minimum absolute atomic E-state index is 0.0903. The molecule has 3 N–H and O–H groups in total. The van der Waals surface area contributed by atoms with Crippen LogP contribution in [0.3, 0.4) is 0 Å². The molecule has 1 saturated heterocycles. The minimum Gasteiger partial charge on any atom is -0.381 e. The third kappa shape index (κ3) is 3.49. The number of primary amides is 1. The summed E-state index contributed by atoms with van der Waals surface area (Å²) in [5, 5.41) is 3.01. The number of rotatable bonds is 3. The molecule has 0 aliphatic carbocycles. The lowest BCUT2D eigenvalue weighted by atomic mass is 10.1. The summed E-state index contributed by atoms with van der Waals surface area (Å²) in [5.74, 6) is -1.39. The highest BCUT2D eigenvalue weighted by atomic mass is 79.9. The van der Waals surface area contributed by atoms with E-state index in [1.165, 1.54) is 0 Å². The summed E-state index contributed by atoms with van der Waals surface area (Å²) in [6, 6.07) is 2.61. The summed E-state index contributed by atoms with van der Waals surface area (Å²) >= 11 is 3.15. The molecule has 0 spiro atoms. The Kier molecular flexibility index (Phi) is 4.33. The second-order valence-corrected chi connectivity index (χ2v) is 7.96. The van der Waals surface area contributed by atoms with Gasteiger partial charge in [0.15, 0.2) is 0 Å². The summed E-state index contributed by atoms with van der Waals surface area (Å²) in [4.78, 5) is 11.3. The number of carbonyl (C=O) groups excluding carboxylic acids is 1. The van der Waals surface area contributed by atoms with Crippen molar-refractivity contribution in [3.8, 4) is 0 Å². The standard InChI is InChI=1S/C12H14BrFN2O3S/c13-7-5-9(14)11(12(15)17)10(6-7)16-8-1-3-20(18,19)4-2-8/h5-6,8,16H,1-4H2,(H2,15,17). The third-order valence-electron chi connectivity index (χ3n) is 3.22. The van der Waals surface area contributed by atoms with E-state index < -0.39 is 21.6 Å². The largest absolute Gasteiger partial charge is 0.381 e. The molecular weight excluding hydrogens is 351 g/mol. The molecule has 5 nitrogen and oxygen atoms in total. The molecular formula is C12H14BrFN2O3S. The van der Waals surface area contributed by atoms with Crippen molar-refractivity contribution in [2.75, 3.05) is 16.8 Å². The van der Waals surface area contributed by atoms with Crippen molar-refractivity contribution in [3.05, 3.63) is 28.0 Å². The maximum atomic E-state index is 13.8. The van der Waals surface area contributed by atoms with Crippen LogP contribution in [0.1, 0.15) is 23.2 Å². The molecule has 0 unspecified atom stereocenters. The monoisotopic (exact) mass is 364 g/mol. The molecule has 0 atom stereocenters. The minimum atomic E-state index is -2.97. The Bertz CT molecular complexity index is 634. The first-order valence-corrected chi connectivity index (χ1v) is 8.66. The van der Waals surface area contributed by atoms with Gasteiger partial charge in [-0.3, -0.25) is 4.79 Å². The van der Waals surface area contributed by atoms with Gasteiger partial charge < -0.3 is 11.1 Å². The van der Waals surface area contributed by atoms with E-state index in [0.717, 1.165) is 6.07 Å². The number of hydrogen-bond donors (Lipinski definition) is 2. The van der Waals surface area contributed by atoms with Gasteiger partial charge in [-0.15, -0.1) is 0 Å². The van der Waals surface area contributed by atoms with E-state index in [0.29, 0.717) is 17.3 Å². The first-order valence-electron chi connectivity index (χ1n) is 6.04. The molecule has 1 aliphatic rings. The zero-order chi connectivity index (χ0) is 14.9. The van der Waals surface area contributed by atoms with E-state index >= 15 is 0 Å². The van der Waals surface area contributed by atoms with Crippen LogP contribution in [-0.4, -0.2) is 31.9 Å². The highest BCUT2D eigenvalue weighted by Gasteiger charge is 2.25. The van der Waals surface area contributed by atoms with Gasteiger partial charge in [0.1, 0.15) is 15.7 Å². The van der Waals surface area contributed by atoms with Gasteiger partial charge in [-0.25, -0.2) is 12.8 Å². The Labute approximate surface area is 124 Å². The van der Waals surface area contributed by atoms with E-state index in [-0.39, 0.29) is 28.8 Å². The van der Waals surface area contributed by atoms with E-state index in [2.05, 4.69) is 21.2 Å². The van der Waals surface area contributed by atoms with Crippen molar-refractivity contribution < 1.29 is 17.6 Å². The number of halogens is 2. The van der Waals surface area contributed by atoms with Crippen molar-refractivity contribution >= 4 is 37.4 Å². The van der Waals surface area contributed by atoms with Crippen LogP contribution in [-0.2, 0) is 9.84 Å². The van der Waals surface area contributed by atoms with Gasteiger partial charge in [-0.05, 0) is 25.0 Å². The van der Waals surface area contributed by atoms with Crippen molar-refractivity contribution in [2.24, 2.45) is 5.73 Å². The number of amides is 1. The second-order valence-electron chi connectivity index (χ2n) is 4.74. The zero-order valence-corrected chi connectivity index (χ0v) is 12.9. The quantitative estimate of drug-likeness (QED) is 0.853. The Balaban J connectivity index is 2.23. The average Bonchev–Trinajstić information content (AvgIpc) is 2.30. The lowest BCUT2D eigenvalue weighted by Gasteiger charge is -2.25. The summed E-state index contributed by atoms with van der Waals surface area (Å²) in [6.07, 6.45) is 0.851. The number of nitrogens with two attached hydrogens (primary N) is 1. The Hall–Kier alpha value is -1.15. The molecule has 1 aromatic carbocycles. The smallest absolute Gasteiger partial charge is 0.253 e. The zero-order valence-electron chi connectivity index (χ0n) is 10.5. The van der Waals surface area contributed by atoms with Crippen LogP contribution >= 0.6 is 15.9 Å². The van der Waals surface area contributed by atoms with Gasteiger partial charge >= 0.3 is 0 Å². The predicted octanol–water partition coefficient (Wildman–Crippen LogP) is 1.68. The predicted molar refractivity (Wildman–Crippen MR) is 77.9 cm³/mol. The van der Waals surface area contributed by atoms with Crippen molar-refractivity contribution in [1.29, 1.82) is 0 Å². The van der Waals surface area contributed by atoms with E-state index in [9.17, 15) is 17.6 Å². The number of anilines is 1. The highest BCUT2D eigenvalue weighted by molar-refractivity contribution is 9.10. The topological polar surface area (TPSA) is 89.3 Å². The molecule has 2 rings (SSSR count). The number of sulfone groups is 1. The first-order chi connectivity index (χ1) is 9.28. The van der Waals surface area contributed by atoms with Gasteiger partial charge in [-0.1, -0.05) is 15.9 Å². The lowest BCUT2D eigenvalue weighted by molar-refractivity contribution is 0.0997. The third-order valence-corrected chi connectivity index (χ3v) is 5.39. The van der Waals surface area contributed by atoms with Crippen LogP contribution < -0.4 is 11.1 Å². The summed E-state index contributed by atoms with van der Waals surface area (Å²) < 4.78 is 37.0. The maximum absolute atomic E-state index is 13.8. The van der Waals surface area contributed by atoms with Crippen molar-refractivity contribution in [3.63, 3.8) is 0 Å². The molecule has 0 radical (unpaired) electrons. The van der Waals surface area contributed by atoms with E-state index in [1.54, 1.807) is 6.07 Å². The molecule has 1 fully saturated rings. The normalized spacial score (nSPS) is 18.7. The molecule has 110 valence electrons. The number of nitrogens with one attached hydrogen (secondary N) is 1. The average molecular weight is 365 g/mol. The summed E-state index contributed by atoms with van der Waals surface area (Å²) in [6.45, 7) is 0. The lowest BCUT2D eigenvalue weighted by Crippen LogP contribution is -2.33. The van der Waals surface area contributed by atoms with Crippen molar-refractivity contribution in [1.82, 2.24) is 0 Å². The van der Waals surface area contributed by atoms with Gasteiger partial charge in [0, 0.05) is 10.5 Å². The number of benzene rings is 1. The molecule has 1 amide bonds. The maximum Gasteiger partial charge on any atom is 0.253 e. The van der Waals surface area contributed by atoms with Gasteiger partial charge in [-0.2, -0.15) is 0 Å². The number of hydrogen-bond acceptors (Lipinski definition) is 4. The molecule has 0 saturated carbocycles. The SMILES string of the molecule is NC(=O)c1c(F)cc(Br)cc1NC1CCS(=O)(=O)CC1. The molecule has 1 heterocycles. The van der Waals surface area contributed by atoms with E-state index in [1.807, 2.05) is 0 Å². The van der Waals surface area contributed by atoms with Gasteiger partial charge in [0.2, 0.25) is 0 Å². The highest BCUT2D eigenvalue weighted by Crippen LogP contribution is 2.27.